The first-order valence-corrected chi connectivity index (χ1v) is 10.9. The van der Waals surface area contributed by atoms with Crippen LogP contribution >= 0.6 is 0 Å². The minimum absolute atomic E-state index is 0.00943. The van der Waals surface area contributed by atoms with E-state index in [4.69, 9.17) is 4.74 Å². The Morgan fingerprint density at radius 2 is 1.90 bits per heavy atom. The number of aryl methyl sites for hydroxylation is 1. The first-order chi connectivity index (χ1) is 14.3. The third-order valence-electron chi connectivity index (χ3n) is 6.26. The molecule has 1 N–H and O–H groups in total. The van der Waals surface area contributed by atoms with Gasteiger partial charge in [0.15, 0.2) is 0 Å². The van der Waals surface area contributed by atoms with Crippen LogP contribution in [0.15, 0.2) is 18.2 Å². The zero-order valence-corrected chi connectivity index (χ0v) is 18.3. The third kappa shape index (κ3) is 5.59. The largest absolute Gasteiger partial charge is 0.376 e. The second-order valence-corrected chi connectivity index (χ2v) is 8.43. The van der Waals surface area contributed by atoms with Crippen molar-refractivity contribution >= 4 is 23.4 Å². The van der Waals surface area contributed by atoms with E-state index in [1.807, 2.05) is 32.0 Å². The molecular formula is C23H33N3O4. The fourth-order valence-electron chi connectivity index (χ4n) is 4.22. The number of anilines is 1. The highest BCUT2D eigenvalue weighted by atomic mass is 16.5. The monoisotopic (exact) mass is 415 g/mol. The lowest BCUT2D eigenvalue weighted by Gasteiger charge is -2.34. The van der Waals surface area contributed by atoms with Gasteiger partial charge < -0.3 is 19.9 Å². The van der Waals surface area contributed by atoms with Crippen molar-refractivity contribution in [1.82, 2.24) is 9.80 Å². The summed E-state index contributed by atoms with van der Waals surface area (Å²) in [4.78, 5) is 41.1. The van der Waals surface area contributed by atoms with Gasteiger partial charge in [-0.05, 0) is 56.7 Å². The first-order valence-electron chi connectivity index (χ1n) is 10.9. The normalized spacial score (nSPS) is 19.6. The van der Waals surface area contributed by atoms with Crippen molar-refractivity contribution in [2.75, 3.05) is 38.1 Å². The molecule has 1 aromatic rings. The van der Waals surface area contributed by atoms with Crippen LogP contribution in [0.3, 0.4) is 0 Å². The maximum Gasteiger partial charge on any atom is 0.244 e. The van der Waals surface area contributed by atoms with Crippen molar-refractivity contribution in [1.29, 1.82) is 0 Å². The zero-order chi connectivity index (χ0) is 21.7. The summed E-state index contributed by atoms with van der Waals surface area (Å²) in [7, 11) is 0. The molecule has 7 nitrogen and oxygen atoms in total. The minimum Gasteiger partial charge on any atom is -0.376 e. The van der Waals surface area contributed by atoms with Crippen LogP contribution in [0.5, 0.6) is 0 Å². The van der Waals surface area contributed by atoms with E-state index >= 15 is 0 Å². The maximum absolute atomic E-state index is 13.3. The number of nitrogens with zero attached hydrogens (tertiary/aromatic N) is 2. The van der Waals surface area contributed by atoms with Crippen LogP contribution in [0.2, 0.25) is 0 Å². The predicted molar refractivity (Wildman–Crippen MR) is 115 cm³/mol. The zero-order valence-electron chi connectivity index (χ0n) is 18.3. The fourth-order valence-corrected chi connectivity index (χ4v) is 4.22. The summed E-state index contributed by atoms with van der Waals surface area (Å²) in [6, 6.07) is 5.80. The average molecular weight is 416 g/mol. The number of carbonyl (C=O) groups is 3. The Labute approximate surface area is 178 Å². The van der Waals surface area contributed by atoms with E-state index in [0.717, 1.165) is 29.7 Å². The van der Waals surface area contributed by atoms with Gasteiger partial charge in [0.25, 0.3) is 0 Å². The van der Waals surface area contributed by atoms with Crippen molar-refractivity contribution in [3.63, 3.8) is 0 Å². The second-order valence-electron chi connectivity index (χ2n) is 8.43. The highest BCUT2D eigenvalue weighted by Crippen LogP contribution is 2.22. The molecule has 164 valence electrons. The molecule has 2 aliphatic rings. The molecule has 0 radical (unpaired) electrons. The van der Waals surface area contributed by atoms with E-state index in [0.29, 0.717) is 39.1 Å². The average Bonchev–Trinajstić information content (AvgIpc) is 3.23. The number of nitrogens with one attached hydrogen (secondary N) is 1. The number of hydrogen-bond acceptors (Lipinski definition) is 4. The maximum atomic E-state index is 13.3. The van der Waals surface area contributed by atoms with Crippen LogP contribution in [0.25, 0.3) is 0 Å². The van der Waals surface area contributed by atoms with Gasteiger partial charge in [0.1, 0.15) is 0 Å². The molecule has 2 fully saturated rings. The number of likely N-dealkylation sites (tertiary alicyclic amines) is 1. The summed E-state index contributed by atoms with van der Waals surface area (Å²) in [5.74, 6) is -0.318. The van der Waals surface area contributed by atoms with Crippen LogP contribution in [0, 0.1) is 19.8 Å². The summed E-state index contributed by atoms with van der Waals surface area (Å²) in [6.45, 7) is 7.88. The summed E-state index contributed by atoms with van der Waals surface area (Å²) >= 11 is 0. The fraction of sp³-hybridized carbons (Fsp3) is 0.609. The third-order valence-corrected chi connectivity index (χ3v) is 6.26. The van der Waals surface area contributed by atoms with Gasteiger partial charge in [-0.3, -0.25) is 14.4 Å². The molecule has 2 aliphatic heterocycles. The summed E-state index contributed by atoms with van der Waals surface area (Å²) in [5.41, 5.74) is 2.91. The highest BCUT2D eigenvalue weighted by Gasteiger charge is 2.32. The van der Waals surface area contributed by atoms with Gasteiger partial charge >= 0.3 is 0 Å². The summed E-state index contributed by atoms with van der Waals surface area (Å²) in [5, 5.41) is 2.96. The van der Waals surface area contributed by atoms with Gasteiger partial charge in [0.2, 0.25) is 17.7 Å². The van der Waals surface area contributed by atoms with Crippen molar-refractivity contribution in [2.24, 2.45) is 5.92 Å². The number of carbonyl (C=O) groups excluding carboxylic acids is 3. The van der Waals surface area contributed by atoms with E-state index in [9.17, 15) is 14.4 Å². The molecule has 30 heavy (non-hydrogen) atoms. The lowest BCUT2D eigenvalue weighted by atomic mass is 9.95. The Hall–Kier alpha value is -2.41. The number of amides is 3. The van der Waals surface area contributed by atoms with Crippen LogP contribution in [-0.2, 0) is 19.1 Å². The molecule has 3 rings (SSSR count). The first kappa shape index (κ1) is 22.3. The molecule has 0 saturated carbocycles. The van der Waals surface area contributed by atoms with Crippen LogP contribution in [-0.4, -0.2) is 66.4 Å². The van der Waals surface area contributed by atoms with Gasteiger partial charge in [-0.25, -0.2) is 0 Å². The molecule has 0 spiro atoms. The SMILES string of the molecule is CC(=O)N1CCC(C(=O)N(CC(=O)Nc2cccc(C)c2C)C[C@H]2CCCO2)CC1. The van der Waals surface area contributed by atoms with Crippen molar-refractivity contribution in [2.45, 2.75) is 52.6 Å². The van der Waals surface area contributed by atoms with Gasteiger partial charge in [0.05, 0.1) is 12.6 Å². The number of piperidine rings is 1. The van der Waals surface area contributed by atoms with Crippen molar-refractivity contribution in [3.8, 4) is 0 Å². The van der Waals surface area contributed by atoms with Gasteiger partial charge in [-0.2, -0.15) is 0 Å². The molecule has 0 aromatic heterocycles. The molecule has 0 bridgehead atoms. The van der Waals surface area contributed by atoms with E-state index in [-0.39, 0.29) is 36.3 Å². The Morgan fingerprint density at radius 1 is 1.17 bits per heavy atom. The smallest absolute Gasteiger partial charge is 0.244 e. The Morgan fingerprint density at radius 3 is 2.53 bits per heavy atom. The number of ether oxygens (including phenoxy) is 1. The Balaban J connectivity index is 1.65. The quantitative estimate of drug-likeness (QED) is 0.774. The molecule has 0 aliphatic carbocycles. The molecule has 1 atom stereocenters. The topological polar surface area (TPSA) is 79.0 Å². The highest BCUT2D eigenvalue weighted by molar-refractivity contribution is 5.95. The van der Waals surface area contributed by atoms with Crippen LogP contribution in [0.1, 0.15) is 43.7 Å². The standard InChI is InChI=1S/C23H33N3O4/c1-16-6-4-8-21(17(16)2)24-22(28)15-26(14-20-7-5-13-30-20)23(29)19-9-11-25(12-10-19)18(3)27/h4,6,8,19-20H,5,7,9-15H2,1-3H3,(H,24,28)/t20-/m1/s1. The molecule has 0 unspecified atom stereocenters. The number of hydrogen-bond donors (Lipinski definition) is 1. The second kappa shape index (κ2) is 10.1. The van der Waals surface area contributed by atoms with E-state index in [1.165, 1.54) is 0 Å². The van der Waals surface area contributed by atoms with Gasteiger partial charge in [-0.1, -0.05) is 12.1 Å². The number of benzene rings is 1. The molecular weight excluding hydrogens is 382 g/mol. The molecule has 1 aromatic carbocycles. The predicted octanol–water partition coefficient (Wildman–Crippen LogP) is 2.51. The minimum atomic E-state index is -0.198. The lowest BCUT2D eigenvalue weighted by Crippen LogP contribution is -2.48. The lowest BCUT2D eigenvalue weighted by molar-refractivity contribution is -0.143. The molecule has 2 heterocycles. The molecule has 3 amide bonds. The van der Waals surface area contributed by atoms with Crippen LogP contribution in [0.4, 0.5) is 5.69 Å². The van der Waals surface area contributed by atoms with Crippen molar-refractivity contribution < 1.29 is 19.1 Å². The Kier molecular flexibility index (Phi) is 7.48. The summed E-state index contributed by atoms with van der Waals surface area (Å²) < 4.78 is 5.73. The van der Waals surface area contributed by atoms with E-state index in [1.54, 1.807) is 16.7 Å². The van der Waals surface area contributed by atoms with Crippen molar-refractivity contribution in [3.05, 3.63) is 29.3 Å². The van der Waals surface area contributed by atoms with E-state index < -0.39 is 0 Å². The Bertz CT molecular complexity index is 781. The molecule has 2 saturated heterocycles. The van der Waals surface area contributed by atoms with Gasteiger partial charge in [0, 0.05) is 44.8 Å². The van der Waals surface area contributed by atoms with Gasteiger partial charge in [-0.15, -0.1) is 0 Å². The van der Waals surface area contributed by atoms with E-state index in [2.05, 4.69) is 5.32 Å². The van der Waals surface area contributed by atoms with Crippen LogP contribution < -0.4 is 5.32 Å². The number of rotatable bonds is 6. The summed E-state index contributed by atoms with van der Waals surface area (Å²) in [6.07, 6.45) is 3.15. The molecule has 7 heteroatoms.